The van der Waals surface area contributed by atoms with Crippen molar-refractivity contribution in [3.05, 3.63) is 18.0 Å². The Labute approximate surface area is 112 Å². The van der Waals surface area contributed by atoms with Crippen LogP contribution in [0.3, 0.4) is 0 Å². The van der Waals surface area contributed by atoms with Gasteiger partial charge in [0.25, 0.3) is 0 Å². The first kappa shape index (κ1) is 14.0. The monoisotopic (exact) mass is 286 g/mol. The zero-order valence-electron chi connectivity index (χ0n) is 11.0. The molecule has 1 amide bonds. The highest BCUT2D eigenvalue weighted by Gasteiger charge is 2.32. The molecule has 1 aliphatic heterocycles. The fourth-order valence-corrected chi connectivity index (χ4v) is 3.31. The number of nitrogens with one attached hydrogen (secondary N) is 1. The minimum absolute atomic E-state index is 0.0633. The van der Waals surface area contributed by atoms with Gasteiger partial charge in [-0.05, 0) is 13.0 Å². The van der Waals surface area contributed by atoms with Gasteiger partial charge in [-0.15, -0.1) is 0 Å². The number of hydrogen-bond acceptors (Lipinski definition) is 4. The van der Waals surface area contributed by atoms with Gasteiger partial charge >= 0.3 is 0 Å². The Morgan fingerprint density at radius 1 is 1.58 bits per heavy atom. The zero-order valence-corrected chi connectivity index (χ0v) is 11.9. The fourth-order valence-electron chi connectivity index (χ4n) is 2.21. The van der Waals surface area contributed by atoms with Gasteiger partial charge in [0.1, 0.15) is 0 Å². The summed E-state index contributed by atoms with van der Waals surface area (Å²) in [4.78, 5) is 11.5. The van der Waals surface area contributed by atoms with E-state index in [2.05, 4.69) is 10.4 Å². The molecule has 0 saturated carbocycles. The summed E-state index contributed by atoms with van der Waals surface area (Å²) in [5, 5.41) is 6.74. The number of nitrogens with zero attached hydrogens (tertiary/aromatic N) is 3. The van der Waals surface area contributed by atoms with Crippen molar-refractivity contribution in [2.45, 2.75) is 25.9 Å². The van der Waals surface area contributed by atoms with Gasteiger partial charge < -0.3 is 5.32 Å². The maximum absolute atomic E-state index is 12.0. The lowest BCUT2D eigenvalue weighted by molar-refractivity contribution is -0.121. The van der Waals surface area contributed by atoms with E-state index in [0.29, 0.717) is 6.54 Å². The van der Waals surface area contributed by atoms with E-state index in [0.717, 1.165) is 5.69 Å². The number of rotatable bonds is 4. The second kappa shape index (κ2) is 5.30. The summed E-state index contributed by atoms with van der Waals surface area (Å²) >= 11 is 0. The maximum Gasteiger partial charge on any atom is 0.221 e. The van der Waals surface area contributed by atoms with E-state index >= 15 is 0 Å². The molecular formula is C11H18N4O3S. The highest BCUT2D eigenvalue weighted by molar-refractivity contribution is 7.89. The molecule has 0 spiro atoms. The average Bonchev–Trinajstić information content (AvgIpc) is 2.87. The number of carbonyl (C=O) groups is 1. The van der Waals surface area contributed by atoms with E-state index in [1.54, 1.807) is 30.9 Å². The van der Waals surface area contributed by atoms with Crippen LogP contribution in [-0.2, 0) is 21.4 Å². The summed E-state index contributed by atoms with van der Waals surface area (Å²) in [6.45, 7) is 2.23. The van der Waals surface area contributed by atoms with Gasteiger partial charge in [0.05, 0.1) is 30.5 Å². The number of fused-ring (bicyclic) bond motifs is 1. The standard InChI is InChI=1S/C11H18N4O3S/c1-3-19(17,18)14-7-9-4-5-13-15(9)10(8-14)6-11(16)12-2/h4-5,10H,3,6-8H2,1-2H3,(H,12,16)/t10-/m0/s1. The molecule has 1 aromatic rings. The molecule has 0 aliphatic carbocycles. The first-order chi connectivity index (χ1) is 8.97. The predicted octanol–water partition coefficient (Wildman–Crippen LogP) is -0.274. The zero-order chi connectivity index (χ0) is 14.0. The van der Waals surface area contributed by atoms with Crippen LogP contribution in [0.15, 0.2) is 12.3 Å². The average molecular weight is 286 g/mol. The molecule has 8 heteroatoms. The minimum atomic E-state index is -3.26. The number of hydrogen-bond donors (Lipinski definition) is 1. The Balaban J connectivity index is 2.27. The highest BCUT2D eigenvalue weighted by Crippen LogP contribution is 2.25. The van der Waals surface area contributed by atoms with Crippen molar-refractivity contribution in [2.24, 2.45) is 0 Å². The van der Waals surface area contributed by atoms with E-state index in [9.17, 15) is 13.2 Å². The predicted molar refractivity (Wildman–Crippen MR) is 69.8 cm³/mol. The van der Waals surface area contributed by atoms with Gasteiger partial charge in [-0.3, -0.25) is 9.48 Å². The third-order valence-corrected chi connectivity index (χ3v) is 5.10. The lowest BCUT2D eigenvalue weighted by Crippen LogP contribution is -2.43. The van der Waals surface area contributed by atoms with Crippen LogP contribution in [0.25, 0.3) is 0 Å². The molecular weight excluding hydrogens is 268 g/mol. The maximum atomic E-state index is 12.0. The Morgan fingerprint density at radius 2 is 2.32 bits per heavy atom. The van der Waals surface area contributed by atoms with Gasteiger partial charge in [-0.2, -0.15) is 9.40 Å². The van der Waals surface area contributed by atoms with Crippen LogP contribution in [0, 0.1) is 0 Å². The lowest BCUT2D eigenvalue weighted by Gasteiger charge is -2.32. The smallest absolute Gasteiger partial charge is 0.221 e. The topological polar surface area (TPSA) is 84.3 Å². The third kappa shape index (κ3) is 2.79. The third-order valence-electron chi connectivity index (χ3n) is 3.31. The van der Waals surface area contributed by atoms with Crippen molar-refractivity contribution >= 4 is 15.9 Å². The quantitative estimate of drug-likeness (QED) is 0.825. The molecule has 0 fully saturated rings. The van der Waals surface area contributed by atoms with Crippen molar-refractivity contribution in [2.75, 3.05) is 19.3 Å². The van der Waals surface area contributed by atoms with Crippen LogP contribution < -0.4 is 5.32 Å². The van der Waals surface area contributed by atoms with Crippen molar-refractivity contribution in [3.63, 3.8) is 0 Å². The van der Waals surface area contributed by atoms with E-state index in [1.165, 1.54) is 4.31 Å². The normalized spacial score (nSPS) is 20.0. The largest absolute Gasteiger partial charge is 0.359 e. The SMILES string of the molecule is CCS(=O)(=O)N1Cc2ccnn2[C@@H](CC(=O)NC)C1. The summed E-state index contributed by atoms with van der Waals surface area (Å²) in [5.74, 6) is -0.0596. The van der Waals surface area contributed by atoms with Crippen molar-refractivity contribution in [1.82, 2.24) is 19.4 Å². The fraction of sp³-hybridized carbons (Fsp3) is 0.636. The molecule has 2 rings (SSSR count). The molecule has 2 heterocycles. The minimum Gasteiger partial charge on any atom is -0.359 e. The highest BCUT2D eigenvalue weighted by atomic mass is 32.2. The first-order valence-electron chi connectivity index (χ1n) is 6.18. The molecule has 19 heavy (non-hydrogen) atoms. The van der Waals surface area contributed by atoms with Crippen molar-refractivity contribution in [3.8, 4) is 0 Å². The van der Waals surface area contributed by atoms with Gasteiger partial charge in [-0.25, -0.2) is 8.42 Å². The molecule has 0 unspecified atom stereocenters. The van der Waals surface area contributed by atoms with E-state index in [4.69, 9.17) is 0 Å². The summed E-state index contributed by atoms with van der Waals surface area (Å²) in [6, 6.07) is 1.54. The molecule has 1 aliphatic rings. The number of sulfonamides is 1. The first-order valence-corrected chi connectivity index (χ1v) is 7.79. The van der Waals surface area contributed by atoms with Gasteiger partial charge in [0.15, 0.2) is 0 Å². The summed E-state index contributed by atoms with van der Waals surface area (Å²) in [7, 11) is -1.69. The number of carbonyl (C=O) groups excluding carboxylic acids is 1. The molecule has 1 aromatic heterocycles. The molecule has 0 radical (unpaired) electrons. The lowest BCUT2D eigenvalue weighted by atomic mass is 10.1. The molecule has 1 atom stereocenters. The second-order valence-electron chi connectivity index (χ2n) is 4.49. The Bertz CT molecular complexity index is 566. The number of aromatic nitrogens is 2. The molecule has 106 valence electrons. The van der Waals surface area contributed by atoms with Crippen LogP contribution in [0.4, 0.5) is 0 Å². The molecule has 1 N–H and O–H groups in total. The Morgan fingerprint density at radius 3 is 2.95 bits per heavy atom. The number of amides is 1. The van der Waals surface area contributed by atoms with E-state index in [-0.39, 0.29) is 30.7 Å². The van der Waals surface area contributed by atoms with Crippen LogP contribution >= 0.6 is 0 Å². The Kier molecular flexibility index (Phi) is 3.91. The molecule has 0 saturated heterocycles. The summed E-state index contributed by atoms with van der Waals surface area (Å²) < 4.78 is 27.1. The van der Waals surface area contributed by atoms with Gasteiger partial charge in [0, 0.05) is 19.8 Å². The molecule has 0 aromatic carbocycles. The van der Waals surface area contributed by atoms with Crippen LogP contribution in [0.2, 0.25) is 0 Å². The van der Waals surface area contributed by atoms with Crippen LogP contribution in [0.1, 0.15) is 25.1 Å². The van der Waals surface area contributed by atoms with Gasteiger partial charge in [0.2, 0.25) is 15.9 Å². The molecule has 0 bridgehead atoms. The van der Waals surface area contributed by atoms with E-state index < -0.39 is 10.0 Å². The van der Waals surface area contributed by atoms with Gasteiger partial charge in [-0.1, -0.05) is 0 Å². The summed E-state index contributed by atoms with van der Waals surface area (Å²) in [6.07, 6.45) is 1.86. The molecule has 7 nitrogen and oxygen atoms in total. The second-order valence-corrected chi connectivity index (χ2v) is 6.75. The van der Waals surface area contributed by atoms with Crippen molar-refractivity contribution in [1.29, 1.82) is 0 Å². The van der Waals surface area contributed by atoms with Crippen molar-refractivity contribution < 1.29 is 13.2 Å². The summed E-state index contributed by atoms with van der Waals surface area (Å²) in [5.41, 5.74) is 0.817. The Hall–Kier alpha value is -1.41. The van der Waals surface area contributed by atoms with Crippen LogP contribution in [-0.4, -0.2) is 47.8 Å². The van der Waals surface area contributed by atoms with E-state index in [1.807, 2.05) is 0 Å². The van der Waals surface area contributed by atoms with Crippen LogP contribution in [0.5, 0.6) is 0 Å².